The minimum absolute atomic E-state index is 0.303. The minimum Gasteiger partial charge on any atom is -0.479 e. The smallest absolute Gasteiger partial charge is 0.332 e. The molecule has 0 saturated carbocycles. The van der Waals surface area contributed by atoms with Crippen molar-refractivity contribution in [3.8, 4) is 0 Å². The highest BCUT2D eigenvalue weighted by atomic mass is 16.5. The number of rotatable bonds is 5. The summed E-state index contributed by atoms with van der Waals surface area (Å²) in [7, 11) is 0. The van der Waals surface area contributed by atoms with Crippen LogP contribution in [0.15, 0.2) is 10.9 Å². The van der Waals surface area contributed by atoms with Gasteiger partial charge in [0.15, 0.2) is 11.9 Å². The summed E-state index contributed by atoms with van der Waals surface area (Å²) in [6.07, 6.45) is 0.893. The van der Waals surface area contributed by atoms with E-state index >= 15 is 0 Å². The van der Waals surface area contributed by atoms with Gasteiger partial charge >= 0.3 is 5.97 Å². The molecular formula is C10H13N3O5. The molecule has 1 saturated heterocycles. The number of amides is 1. The average molecular weight is 255 g/mol. The molecule has 18 heavy (non-hydrogen) atoms. The maximum absolute atomic E-state index is 11.6. The van der Waals surface area contributed by atoms with Gasteiger partial charge < -0.3 is 19.7 Å². The Morgan fingerprint density at radius 2 is 2.22 bits per heavy atom. The van der Waals surface area contributed by atoms with E-state index in [0.717, 1.165) is 0 Å². The molecular weight excluding hydrogens is 242 g/mol. The van der Waals surface area contributed by atoms with Gasteiger partial charge in [0, 0.05) is 13.0 Å². The summed E-state index contributed by atoms with van der Waals surface area (Å²) in [6.45, 7) is 0.357. The Kier molecular flexibility index (Phi) is 3.88. The van der Waals surface area contributed by atoms with Gasteiger partial charge in [0.2, 0.25) is 12.3 Å². The third kappa shape index (κ3) is 3.04. The topological polar surface area (TPSA) is 115 Å². The number of nitrogens with one attached hydrogen (secondary N) is 1. The zero-order chi connectivity index (χ0) is 13.0. The van der Waals surface area contributed by atoms with Crippen LogP contribution in [0.5, 0.6) is 0 Å². The van der Waals surface area contributed by atoms with Gasteiger partial charge in [0.05, 0.1) is 0 Å². The van der Waals surface area contributed by atoms with Crippen molar-refractivity contribution in [1.29, 1.82) is 0 Å². The molecule has 1 aromatic heterocycles. The second-order valence-electron chi connectivity index (χ2n) is 3.92. The molecule has 1 aliphatic heterocycles. The summed E-state index contributed by atoms with van der Waals surface area (Å²) in [6, 6.07) is 0. The van der Waals surface area contributed by atoms with Crippen LogP contribution >= 0.6 is 0 Å². The summed E-state index contributed by atoms with van der Waals surface area (Å²) in [5.74, 6) is -0.828. The van der Waals surface area contributed by atoms with E-state index in [1.165, 1.54) is 6.39 Å². The highest BCUT2D eigenvalue weighted by molar-refractivity contribution is 5.82. The number of hydrogen-bond acceptors (Lipinski definition) is 6. The Morgan fingerprint density at radius 1 is 1.44 bits per heavy atom. The molecule has 2 rings (SSSR count). The maximum atomic E-state index is 11.6. The summed E-state index contributed by atoms with van der Waals surface area (Å²) in [5.41, 5.74) is 0. The van der Waals surface area contributed by atoms with Crippen LogP contribution in [0.4, 0.5) is 0 Å². The molecule has 1 aromatic rings. The molecule has 2 N–H and O–H groups in total. The Labute approximate surface area is 102 Å². The lowest BCUT2D eigenvalue weighted by molar-refractivity contribution is -0.151. The summed E-state index contributed by atoms with van der Waals surface area (Å²) < 4.78 is 9.66. The fourth-order valence-corrected chi connectivity index (χ4v) is 1.73. The molecule has 1 fully saturated rings. The molecule has 8 nitrogen and oxygen atoms in total. The molecule has 1 amide bonds. The van der Waals surface area contributed by atoms with Crippen molar-refractivity contribution >= 4 is 11.9 Å². The molecule has 0 aromatic carbocycles. The van der Waals surface area contributed by atoms with Gasteiger partial charge in [-0.05, 0) is 12.8 Å². The summed E-state index contributed by atoms with van der Waals surface area (Å²) in [5, 5.41) is 15.0. The lowest BCUT2D eigenvalue weighted by Gasteiger charge is -2.10. The molecule has 8 heteroatoms. The van der Waals surface area contributed by atoms with Gasteiger partial charge in [-0.15, -0.1) is 0 Å². The minimum atomic E-state index is -1.03. The Morgan fingerprint density at radius 3 is 2.83 bits per heavy atom. The second-order valence-corrected chi connectivity index (χ2v) is 3.92. The maximum Gasteiger partial charge on any atom is 0.332 e. The van der Waals surface area contributed by atoms with Crippen LogP contribution in [0.1, 0.15) is 18.7 Å². The molecule has 0 spiro atoms. The van der Waals surface area contributed by atoms with E-state index in [-0.39, 0.29) is 5.91 Å². The van der Waals surface area contributed by atoms with Crippen molar-refractivity contribution < 1.29 is 24.0 Å². The van der Waals surface area contributed by atoms with Gasteiger partial charge in [-0.25, -0.2) is 4.79 Å². The van der Waals surface area contributed by atoms with Gasteiger partial charge in [0.1, 0.15) is 6.10 Å². The average Bonchev–Trinajstić information content (AvgIpc) is 2.99. The number of carbonyl (C=O) groups is 2. The number of aromatic nitrogens is 2. The Hall–Kier alpha value is -1.96. The zero-order valence-corrected chi connectivity index (χ0v) is 9.54. The molecule has 0 radical (unpaired) electrons. The first-order valence-electron chi connectivity index (χ1n) is 5.58. The largest absolute Gasteiger partial charge is 0.479 e. The highest BCUT2D eigenvalue weighted by Crippen LogP contribution is 2.19. The van der Waals surface area contributed by atoms with Crippen molar-refractivity contribution in [3.05, 3.63) is 12.2 Å². The van der Waals surface area contributed by atoms with Gasteiger partial charge in [0.25, 0.3) is 0 Å². The van der Waals surface area contributed by atoms with E-state index in [0.29, 0.717) is 31.6 Å². The summed E-state index contributed by atoms with van der Waals surface area (Å²) in [4.78, 5) is 26.1. The van der Waals surface area contributed by atoms with E-state index in [9.17, 15) is 9.59 Å². The normalized spacial score (nSPS) is 22.9. The van der Waals surface area contributed by atoms with Gasteiger partial charge in [-0.3, -0.25) is 4.79 Å². The van der Waals surface area contributed by atoms with E-state index in [4.69, 9.17) is 9.84 Å². The van der Waals surface area contributed by atoms with Crippen molar-refractivity contribution in [2.24, 2.45) is 0 Å². The lowest BCUT2D eigenvalue weighted by Crippen LogP contribution is -2.36. The first-order chi connectivity index (χ1) is 8.66. The number of ether oxygens (including phenoxy) is 1. The standard InChI is InChI=1S/C10H13N3O5/c14-9(6-1-2-7(18-6)10(15)16)11-4-3-8-12-5-17-13-8/h5-7H,1-4H2,(H,11,14)(H,15,16)/t6-,7+/m0/s1. The van der Waals surface area contributed by atoms with Crippen molar-refractivity contribution in [2.75, 3.05) is 6.54 Å². The third-order valence-corrected chi connectivity index (χ3v) is 2.64. The predicted octanol–water partition coefficient (Wildman–Crippen LogP) is -0.640. The third-order valence-electron chi connectivity index (χ3n) is 2.64. The van der Waals surface area contributed by atoms with Crippen LogP contribution in [-0.4, -0.2) is 45.9 Å². The van der Waals surface area contributed by atoms with E-state index in [1.54, 1.807) is 0 Å². The van der Waals surface area contributed by atoms with Crippen molar-refractivity contribution in [2.45, 2.75) is 31.5 Å². The van der Waals surface area contributed by atoms with Crippen LogP contribution in [0.3, 0.4) is 0 Å². The fraction of sp³-hybridized carbons (Fsp3) is 0.600. The first-order valence-corrected chi connectivity index (χ1v) is 5.58. The van der Waals surface area contributed by atoms with E-state index in [1.807, 2.05) is 0 Å². The van der Waals surface area contributed by atoms with Crippen LogP contribution < -0.4 is 5.32 Å². The number of carboxylic acid groups (broad SMARTS) is 1. The van der Waals surface area contributed by atoms with Crippen molar-refractivity contribution in [1.82, 2.24) is 15.5 Å². The molecule has 1 aliphatic rings. The first kappa shape index (κ1) is 12.5. The molecule has 0 aliphatic carbocycles. The van der Waals surface area contributed by atoms with Crippen LogP contribution in [0, 0.1) is 0 Å². The number of carboxylic acids is 1. The molecule has 0 bridgehead atoms. The Balaban J connectivity index is 1.71. The number of carbonyl (C=O) groups excluding carboxylic acids is 1. The molecule has 2 heterocycles. The second kappa shape index (κ2) is 5.58. The SMILES string of the molecule is O=C(NCCc1ncon1)[C@@H]1CC[C@H](C(=O)O)O1. The summed E-state index contributed by atoms with van der Waals surface area (Å²) >= 11 is 0. The highest BCUT2D eigenvalue weighted by Gasteiger charge is 2.34. The van der Waals surface area contributed by atoms with E-state index in [2.05, 4.69) is 20.0 Å². The fourth-order valence-electron chi connectivity index (χ4n) is 1.73. The Bertz CT molecular complexity index is 419. The van der Waals surface area contributed by atoms with Crippen LogP contribution in [0.2, 0.25) is 0 Å². The van der Waals surface area contributed by atoms with Crippen molar-refractivity contribution in [3.63, 3.8) is 0 Å². The van der Waals surface area contributed by atoms with Gasteiger partial charge in [-0.2, -0.15) is 4.98 Å². The van der Waals surface area contributed by atoms with Crippen LogP contribution in [0.25, 0.3) is 0 Å². The van der Waals surface area contributed by atoms with Gasteiger partial charge in [-0.1, -0.05) is 5.16 Å². The molecule has 98 valence electrons. The number of nitrogens with zero attached hydrogens (tertiary/aromatic N) is 2. The number of hydrogen-bond donors (Lipinski definition) is 2. The zero-order valence-electron chi connectivity index (χ0n) is 9.54. The van der Waals surface area contributed by atoms with Crippen LogP contribution in [-0.2, 0) is 20.7 Å². The monoisotopic (exact) mass is 255 g/mol. The van der Waals surface area contributed by atoms with E-state index < -0.39 is 18.2 Å². The molecule has 2 atom stereocenters. The quantitative estimate of drug-likeness (QED) is 0.719. The molecule has 0 unspecified atom stereocenters. The number of aliphatic carboxylic acids is 1. The predicted molar refractivity (Wildman–Crippen MR) is 56.5 cm³/mol. The lowest BCUT2D eigenvalue weighted by atomic mass is 10.2.